The predicted molar refractivity (Wildman–Crippen MR) is 109 cm³/mol. The van der Waals surface area contributed by atoms with E-state index in [1.165, 1.54) is 10.4 Å². The SMILES string of the molecule is NC(=O)c1cc(S(=O)(=O)N2CCOCC2)sc1NC(=O)c1cccc(C2CC2)c1. The third-order valence-electron chi connectivity index (χ3n) is 4.96. The number of hydrogen-bond donors (Lipinski definition) is 2. The Labute approximate surface area is 172 Å². The summed E-state index contributed by atoms with van der Waals surface area (Å²) in [6.45, 7) is 1.10. The lowest BCUT2D eigenvalue weighted by molar-refractivity contribution is 0.0731. The lowest BCUT2D eigenvalue weighted by Gasteiger charge is -2.25. The number of nitrogens with zero attached hydrogens (tertiary/aromatic N) is 1. The Morgan fingerprint density at radius 2 is 1.90 bits per heavy atom. The first-order chi connectivity index (χ1) is 13.9. The summed E-state index contributed by atoms with van der Waals surface area (Å²) in [6, 6.07) is 8.55. The van der Waals surface area contributed by atoms with Gasteiger partial charge in [-0.05, 0) is 42.5 Å². The third-order valence-corrected chi connectivity index (χ3v) is 8.36. The molecule has 8 nitrogen and oxygen atoms in total. The molecule has 2 heterocycles. The molecule has 3 N–H and O–H groups in total. The summed E-state index contributed by atoms with van der Waals surface area (Å²) in [5.74, 6) is -0.713. The Morgan fingerprint density at radius 3 is 2.55 bits per heavy atom. The maximum absolute atomic E-state index is 12.9. The van der Waals surface area contributed by atoms with Crippen LogP contribution < -0.4 is 11.1 Å². The maximum atomic E-state index is 12.9. The molecule has 10 heteroatoms. The quantitative estimate of drug-likeness (QED) is 0.719. The highest BCUT2D eigenvalue weighted by atomic mass is 32.2. The minimum atomic E-state index is -3.79. The average Bonchev–Trinajstić information content (AvgIpc) is 3.48. The molecular weight excluding hydrogens is 414 g/mol. The third kappa shape index (κ3) is 4.20. The Balaban J connectivity index is 1.60. The van der Waals surface area contributed by atoms with Crippen molar-refractivity contribution < 1.29 is 22.7 Å². The van der Waals surface area contributed by atoms with Crippen molar-refractivity contribution in [2.45, 2.75) is 23.0 Å². The van der Waals surface area contributed by atoms with Crippen LogP contribution in [0.2, 0.25) is 0 Å². The highest BCUT2D eigenvalue weighted by Gasteiger charge is 2.31. The molecule has 2 aliphatic rings. The van der Waals surface area contributed by atoms with E-state index in [0.717, 1.165) is 29.7 Å². The number of rotatable bonds is 6. The van der Waals surface area contributed by atoms with Gasteiger partial charge in [0.05, 0.1) is 18.8 Å². The molecule has 1 saturated heterocycles. The van der Waals surface area contributed by atoms with Crippen LogP contribution in [-0.4, -0.2) is 50.8 Å². The van der Waals surface area contributed by atoms with Crippen molar-refractivity contribution in [1.29, 1.82) is 0 Å². The Morgan fingerprint density at radius 1 is 1.17 bits per heavy atom. The number of nitrogens with two attached hydrogens (primary N) is 1. The first-order valence-corrected chi connectivity index (χ1v) is 11.5. The first-order valence-electron chi connectivity index (χ1n) is 9.29. The van der Waals surface area contributed by atoms with E-state index in [1.54, 1.807) is 6.07 Å². The van der Waals surface area contributed by atoms with Crippen molar-refractivity contribution in [2.24, 2.45) is 5.73 Å². The van der Waals surface area contributed by atoms with Crippen LogP contribution >= 0.6 is 11.3 Å². The second-order valence-corrected chi connectivity index (χ2v) is 10.3. The molecule has 1 aromatic carbocycles. The summed E-state index contributed by atoms with van der Waals surface area (Å²) in [6.07, 6.45) is 2.23. The summed E-state index contributed by atoms with van der Waals surface area (Å²) in [4.78, 5) is 24.6. The highest BCUT2D eigenvalue weighted by Crippen LogP contribution is 2.40. The number of ether oxygens (including phenoxy) is 1. The van der Waals surface area contributed by atoms with Crippen LogP contribution in [0.5, 0.6) is 0 Å². The number of carbonyl (C=O) groups is 2. The molecule has 1 saturated carbocycles. The van der Waals surface area contributed by atoms with Crippen molar-refractivity contribution in [1.82, 2.24) is 4.31 Å². The fourth-order valence-corrected chi connectivity index (χ4v) is 6.14. The van der Waals surface area contributed by atoms with E-state index in [0.29, 0.717) is 24.7 Å². The van der Waals surface area contributed by atoms with Crippen LogP contribution in [0.25, 0.3) is 0 Å². The molecule has 0 radical (unpaired) electrons. The second-order valence-electron chi connectivity index (χ2n) is 7.04. The number of nitrogens with one attached hydrogen (secondary N) is 1. The fraction of sp³-hybridized carbons (Fsp3) is 0.368. The van der Waals surface area contributed by atoms with Gasteiger partial charge in [-0.2, -0.15) is 4.31 Å². The zero-order valence-electron chi connectivity index (χ0n) is 15.6. The van der Waals surface area contributed by atoms with Crippen LogP contribution in [0.1, 0.15) is 45.0 Å². The normalized spacial score (nSPS) is 17.8. The van der Waals surface area contributed by atoms with Crippen molar-refractivity contribution >= 4 is 38.2 Å². The van der Waals surface area contributed by atoms with Gasteiger partial charge in [-0.1, -0.05) is 12.1 Å². The summed E-state index contributed by atoms with van der Waals surface area (Å²) < 4.78 is 32.2. The minimum absolute atomic E-state index is 0.0199. The van der Waals surface area contributed by atoms with E-state index in [-0.39, 0.29) is 27.9 Å². The van der Waals surface area contributed by atoms with Crippen molar-refractivity contribution in [3.63, 3.8) is 0 Å². The van der Waals surface area contributed by atoms with Crippen molar-refractivity contribution in [3.05, 3.63) is 47.0 Å². The zero-order chi connectivity index (χ0) is 20.6. The monoisotopic (exact) mass is 435 g/mol. The number of hydrogen-bond acceptors (Lipinski definition) is 6. The molecule has 2 amide bonds. The number of benzene rings is 1. The largest absolute Gasteiger partial charge is 0.379 e. The van der Waals surface area contributed by atoms with E-state index in [4.69, 9.17) is 10.5 Å². The van der Waals surface area contributed by atoms with Crippen LogP contribution in [0, 0.1) is 0 Å². The molecule has 154 valence electrons. The van der Waals surface area contributed by atoms with Gasteiger partial charge >= 0.3 is 0 Å². The van der Waals surface area contributed by atoms with Gasteiger partial charge in [0.25, 0.3) is 21.8 Å². The number of thiophene rings is 1. The first kappa shape index (κ1) is 20.0. The zero-order valence-corrected chi connectivity index (χ0v) is 17.2. The Kier molecular flexibility index (Phi) is 5.43. The molecule has 1 aliphatic heterocycles. The number of anilines is 1. The van der Waals surface area contributed by atoms with Gasteiger partial charge in [0.1, 0.15) is 9.21 Å². The van der Waals surface area contributed by atoms with Gasteiger partial charge < -0.3 is 15.8 Å². The molecular formula is C19H21N3O5S2. The topological polar surface area (TPSA) is 119 Å². The molecule has 0 atom stereocenters. The standard InChI is InChI=1S/C19H21N3O5S2/c20-17(23)15-11-16(29(25,26)22-6-8-27-9-7-22)28-19(15)21-18(24)14-3-1-2-13(10-14)12-4-5-12/h1-3,10-12H,4-9H2,(H2,20,23)(H,21,24). The summed E-state index contributed by atoms with van der Waals surface area (Å²) in [5.41, 5.74) is 6.96. The van der Waals surface area contributed by atoms with Gasteiger partial charge in [-0.15, -0.1) is 11.3 Å². The van der Waals surface area contributed by atoms with Crippen LogP contribution in [0.4, 0.5) is 5.00 Å². The number of carbonyl (C=O) groups excluding carboxylic acids is 2. The van der Waals surface area contributed by atoms with Crippen molar-refractivity contribution in [3.8, 4) is 0 Å². The van der Waals surface area contributed by atoms with E-state index >= 15 is 0 Å². The predicted octanol–water partition coefficient (Wildman–Crippen LogP) is 2.00. The molecule has 29 heavy (non-hydrogen) atoms. The molecule has 1 aromatic heterocycles. The van der Waals surface area contributed by atoms with Gasteiger partial charge in [-0.25, -0.2) is 8.42 Å². The summed E-state index contributed by atoms with van der Waals surface area (Å²) in [7, 11) is -3.79. The van der Waals surface area contributed by atoms with Crippen molar-refractivity contribution in [2.75, 3.05) is 31.6 Å². The van der Waals surface area contributed by atoms with Gasteiger partial charge in [0.15, 0.2) is 0 Å². The van der Waals surface area contributed by atoms with Gasteiger partial charge in [0.2, 0.25) is 0 Å². The molecule has 4 rings (SSSR count). The van der Waals surface area contributed by atoms with E-state index in [9.17, 15) is 18.0 Å². The van der Waals surface area contributed by atoms with Gasteiger partial charge in [0, 0.05) is 18.7 Å². The number of sulfonamides is 1. The van der Waals surface area contributed by atoms with E-state index in [1.807, 2.05) is 18.2 Å². The summed E-state index contributed by atoms with van der Waals surface area (Å²) >= 11 is 0.831. The maximum Gasteiger partial charge on any atom is 0.256 e. The molecule has 0 unspecified atom stereocenters. The lowest BCUT2D eigenvalue weighted by Crippen LogP contribution is -2.40. The molecule has 0 bridgehead atoms. The van der Waals surface area contributed by atoms with Gasteiger partial charge in [-0.3, -0.25) is 9.59 Å². The number of primary amides is 1. The molecule has 2 fully saturated rings. The van der Waals surface area contributed by atoms with Crippen LogP contribution in [-0.2, 0) is 14.8 Å². The Hall–Kier alpha value is -2.27. The van der Waals surface area contributed by atoms with E-state index in [2.05, 4.69) is 5.32 Å². The fourth-order valence-electron chi connectivity index (χ4n) is 3.21. The number of morpholine rings is 1. The van der Waals surface area contributed by atoms with Crippen LogP contribution in [0.15, 0.2) is 34.5 Å². The molecule has 0 spiro atoms. The second kappa shape index (κ2) is 7.86. The van der Waals surface area contributed by atoms with E-state index < -0.39 is 21.8 Å². The Bertz CT molecular complexity index is 1050. The van der Waals surface area contributed by atoms with Crippen LogP contribution in [0.3, 0.4) is 0 Å². The smallest absolute Gasteiger partial charge is 0.256 e. The lowest BCUT2D eigenvalue weighted by atomic mass is 10.1. The molecule has 2 aromatic rings. The summed E-state index contributed by atoms with van der Waals surface area (Å²) in [5, 5.41) is 2.79. The number of amides is 2. The molecule has 1 aliphatic carbocycles. The highest BCUT2D eigenvalue weighted by molar-refractivity contribution is 7.91. The minimum Gasteiger partial charge on any atom is -0.379 e. The average molecular weight is 436 g/mol.